The molecule has 2 heterocycles. The van der Waals surface area contributed by atoms with Gasteiger partial charge in [-0.3, -0.25) is 4.98 Å². The summed E-state index contributed by atoms with van der Waals surface area (Å²) in [6.45, 7) is 7.30. The minimum absolute atomic E-state index is 0.0517. The van der Waals surface area contributed by atoms with E-state index < -0.39 is 0 Å². The molecule has 0 spiro atoms. The Kier molecular flexibility index (Phi) is 2.18. The minimum atomic E-state index is 0.0517. The average molecular weight is 263 g/mol. The summed E-state index contributed by atoms with van der Waals surface area (Å²) in [5, 5.41) is 3.62. The summed E-state index contributed by atoms with van der Waals surface area (Å²) in [4.78, 5) is 4.74. The number of aryl methyl sites for hydroxylation is 1. The third-order valence-corrected chi connectivity index (χ3v) is 4.34. The number of fused-ring (bicyclic) bond motifs is 5. The molecule has 0 fully saturated rings. The smallest absolute Gasteiger partial charge is 0.134 e. The second kappa shape index (κ2) is 3.72. The molecule has 0 unspecified atom stereocenters. The fraction of sp³-hybridized carbons (Fsp3) is 0.278. The largest absolute Gasteiger partial charge is 0.492 e. The van der Waals surface area contributed by atoms with Crippen molar-refractivity contribution in [1.82, 2.24) is 4.98 Å². The van der Waals surface area contributed by atoms with E-state index in [1.165, 1.54) is 21.9 Å². The van der Waals surface area contributed by atoms with E-state index in [4.69, 9.17) is 9.72 Å². The molecule has 2 aromatic carbocycles. The van der Waals surface area contributed by atoms with E-state index in [-0.39, 0.29) is 5.41 Å². The van der Waals surface area contributed by atoms with Gasteiger partial charge >= 0.3 is 0 Å². The Bertz CT molecular complexity index is 849. The van der Waals surface area contributed by atoms with Gasteiger partial charge in [0, 0.05) is 27.9 Å². The van der Waals surface area contributed by atoms with Crippen molar-refractivity contribution in [1.29, 1.82) is 0 Å². The molecule has 100 valence electrons. The van der Waals surface area contributed by atoms with Crippen LogP contribution in [0.3, 0.4) is 0 Å². The van der Waals surface area contributed by atoms with E-state index in [2.05, 4.69) is 51.1 Å². The standard InChI is InChI=1S/C18H17NO/c1-11-8-14-16(13-7-5-4-6-12(11)13)19-9-15-17(14)20-10-18(15,2)3/h4-9H,10H2,1-3H3. The maximum Gasteiger partial charge on any atom is 0.134 e. The summed E-state index contributed by atoms with van der Waals surface area (Å²) < 4.78 is 5.99. The molecule has 0 saturated heterocycles. The molecular formula is C18H17NO. The SMILES string of the molecule is Cc1cc2c3c(cnc2c2ccccc12)C(C)(C)CO3. The Balaban J connectivity index is 2.19. The lowest BCUT2D eigenvalue weighted by atomic mass is 9.87. The lowest BCUT2D eigenvalue weighted by Crippen LogP contribution is -2.18. The summed E-state index contributed by atoms with van der Waals surface area (Å²) in [7, 11) is 0. The van der Waals surface area contributed by atoms with E-state index in [1.54, 1.807) is 0 Å². The quantitative estimate of drug-likeness (QED) is 0.562. The Morgan fingerprint density at radius 2 is 1.85 bits per heavy atom. The van der Waals surface area contributed by atoms with Gasteiger partial charge < -0.3 is 4.74 Å². The van der Waals surface area contributed by atoms with Crippen molar-refractivity contribution in [3.05, 3.63) is 47.7 Å². The van der Waals surface area contributed by atoms with Crippen molar-refractivity contribution in [3.8, 4) is 5.75 Å². The number of ether oxygens (including phenoxy) is 1. The minimum Gasteiger partial charge on any atom is -0.492 e. The van der Waals surface area contributed by atoms with Crippen LogP contribution in [0.15, 0.2) is 36.5 Å². The van der Waals surface area contributed by atoms with Crippen LogP contribution in [-0.4, -0.2) is 11.6 Å². The van der Waals surface area contributed by atoms with E-state index in [0.717, 1.165) is 23.3 Å². The highest BCUT2D eigenvalue weighted by Crippen LogP contribution is 2.43. The van der Waals surface area contributed by atoms with Gasteiger partial charge in [-0.2, -0.15) is 0 Å². The second-order valence-electron chi connectivity index (χ2n) is 6.31. The Labute approximate surface area is 118 Å². The van der Waals surface area contributed by atoms with Crippen LogP contribution in [0.1, 0.15) is 25.0 Å². The molecule has 0 N–H and O–H groups in total. The molecule has 20 heavy (non-hydrogen) atoms. The van der Waals surface area contributed by atoms with Gasteiger partial charge in [-0.15, -0.1) is 0 Å². The summed E-state index contributed by atoms with van der Waals surface area (Å²) in [5.41, 5.74) is 3.59. The molecule has 0 bridgehead atoms. The third-order valence-electron chi connectivity index (χ3n) is 4.34. The molecule has 2 heteroatoms. The molecule has 1 aliphatic rings. The van der Waals surface area contributed by atoms with Crippen LogP contribution in [0.25, 0.3) is 21.7 Å². The predicted octanol–water partition coefficient (Wildman–Crippen LogP) is 4.37. The highest BCUT2D eigenvalue weighted by atomic mass is 16.5. The molecule has 0 amide bonds. The van der Waals surface area contributed by atoms with E-state index in [0.29, 0.717) is 0 Å². The monoisotopic (exact) mass is 263 g/mol. The second-order valence-corrected chi connectivity index (χ2v) is 6.31. The van der Waals surface area contributed by atoms with Crippen LogP contribution in [0.4, 0.5) is 0 Å². The van der Waals surface area contributed by atoms with Crippen molar-refractivity contribution in [2.24, 2.45) is 0 Å². The fourth-order valence-electron chi connectivity index (χ4n) is 3.15. The highest BCUT2D eigenvalue weighted by Gasteiger charge is 2.33. The van der Waals surface area contributed by atoms with Crippen molar-refractivity contribution >= 4 is 21.7 Å². The van der Waals surface area contributed by atoms with Gasteiger partial charge in [0.2, 0.25) is 0 Å². The molecule has 0 radical (unpaired) electrons. The maximum atomic E-state index is 5.99. The first-order chi connectivity index (χ1) is 9.58. The Morgan fingerprint density at radius 3 is 2.65 bits per heavy atom. The lowest BCUT2D eigenvalue weighted by molar-refractivity contribution is 0.293. The predicted molar refractivity (Wildman–Crippen MR) is 82.5 cm³/mol. The van der Waals surface area contributed by atoms with Gasteiger partial charge in [0.25, 0.3) is 0 Å². The molecule has 3 aromatic rings. The molecular weight excluding hydrogens is 246 g/mol. The molecule has 0 saturated carbocycles. The number of benzene rings is 2. The molecule has 0 atom stereocenters. The first-order valence-electron chi connectivity index (χ1n) is 7.02. The molecule has 4 rings (SSSR count). The summed E-state index contributed by atoms with van der Waals surface area (Å²) in [6.07, 6.45) is 1.99. The van der Waals surface area contributed by atoms with Gasteiger partial charge in [-0.05, 0) is 23.9 Å². The molecule has 1 aliphatic heterocycles. The molecule has 1 aromatic heterocycles. The van der Waals surface area contributed by atoms with E-state index in [1.807, 2.05) is 6.20 Å². The maximum absolute atomic E-state index is 5.99. The number of hydrogen-bond donors (Lipinski definition) is 0. The van der Waals surface area contributed by atoms with E-state index >= 15 is 0 Å². The number of pyridine rings is 1. The first kappa shape index (κ1) is 11.7. The first-order valence-corrected chi connectivity index (χ1v) is 7.02. The van der Waals surface area contributed by atoms with Crippen LogP contribution in [0, 0.1) is 6.92 Å². The fourth-order valence-corrected chi connectivity index (χ4v) is 3.15. The summed E-state index contributed by atoms with van der Waals surface area (Å²) >= 11 is 0. The zero-order chi connectivity index (χ0) is 13.9. The van der Waals surface area contributed by atoms with Crippen molar-refractivity contribution < 1.29 is 4.74 Å². The Morgan fingerprint density at radius 1 is 1.10 bits per heavy atom. The van der Waals surface area contributed by atoms with Gasteiger partial charge in [0.15, 0.2) is 0 Å². The normalized spacial score (nSPS) is 16.4. The average Bonchev–Trinajstić information content (AvgIpc) is 2.75. The number of rotatable bonds is 0. The zero-order valence-electron chi connectivity index (χ0n) is 12.0. The van der Waals surface area contributed by atoms with Crippen molar-refractivity contribution in [2.75, 3.05) is 6.61 Å². The highest BCUT2D eigenvalue weighted by molar-refractivity contribution is 6.09. The van der Waals surface area contributed by atoms with Gasteiger partial charge in [0.1, 0.15) is 5.75 Å². The van der Waals surface area contributed by atoms with Crippen LogP contribution < -0.4 is 4.74 Å². The van der Waals surface area contributed by atoms with Gasteiger partial charge in [0.05, 0.1) is 12.1 Å². The molecule has 0 aliphatic carbocycles. The summed E-state index contributed by atoms with van der Waals surface area (Å²) in [5.74, 6) is 1.02. The number of hydrogen-bond acceptors (Lipinski definition) is 2. The third kappa shape index (κ3) is 1.42. The zero-order valence-corrected chi connectivity index (χ0v) is 12.0. The van der Waals surface area contributed by atoms with Crippen LogP contribution >= 0.6 is 0 Å². The van der Waals surface area contributed by atoms with Crippen LogP contribution in [0.2, 0.25) is 0 Å². The molecule has 2 nitrogen and oxygen atoms in total. The van der Waals surface area contributed by atoms with Gasteiger partial charge in [-0.25, -0.2) is 0 Å². The summed E-state index contributed by atoms with van der Waals surface area (Å²) in [6, 6.07) is 10.7. The van der Waals surface area contributed by atoms with E-state index in [9.17, 15) is 0 Å². The van der Waals surface area contributed by atoms with Crippen LogP contribution in [0.5, 0.6) is 5.75 Å². The number of aromatic nitrogens is 1. The lowest BCUT2D eigenvalue weighted by Gasteiger charge is -2.15. The Hall–Kier alpha value is -2.09. The van der Waals surface area contributed by atoms with Crippen LogP contribution in [-0.2, 0) is 5.41 Å². The topological polar surface area (TPSA) is 22.1 Å². The van der Waals surface area contributed by atoms with Crippen molar-refractivity contribution in [2.45, 2.75) is 26.2 Å². The number of nitrogens with zero attached hydrogens (tertiary/aromatic N) is 1. The van der Waals surface area contributed by atoms with Crippen molar-refractivity contribution in [3.63, 3.8) is 0 Å². The van der Waals surface area contributed by atoms with Gasteiger partial charge in [-0.1, -0.05) is 38.1 Å².